The fourth-order valence-corrected chi connectivity index (χ4v) is 4.25. The third-order valence-corrected chi connectivity index (χ3v) is 6.23. The fourth-order valence-electron chi connectivity index (χ4n) is 4.25. The van der Waals surface area contributed by atoms with Gasteiger partial charge in [-0.25, -0.2) is 0 Å². The lowest BCUT2D eigenvalue weighted by atomic mass is 9.86. The summed E-state index contributed by atoms with van der Waals surface area (Å²) in [4.78, 5) is 32.5. The molecule has 0 aliphatic carbocycles. The van der Waals surface area contributed by atoms with Gasteiger partial charge in [0.15, 0.2) is 0 Å². The van der Waals surface area contributed by atoms with Crippen LogP contribution >= 0.6 is 0 Å². The van der Waals surface area contributed by atoms with Gasteiger partial charge < -0.3 is 19.5 Å². The minimum absolute atomic E-state index is 0.0212. The van der Waals surface area contributed by atoms with Gasteiger partial charge in [0.25, 0.3) is 5.91 Å². The van der Waals surface area contributed by atoms with Crippen LogP contribution in [0.5, 0.6) is 0 Å². The van der Waals surface area contributed by atoms with Crippen molar-refractivity contribution in [1.82, 2.24) is 14.8 Å². The number of piperazine rings is 1. The number of carbonyl (C=O) groups is 2. The number of H-pyrrole nitrogens is 1. The first-order valence-electron chi connectivity index (χ1n) is 10.4. The number of carbonyl (C=O) groups excluding carboxylic acids is 2. The highest BCUT2D eigenvalue weighted by molar-refractivity contribution is 5.95. The SMILES string of the molecule is CC1(C(=O)N2CCN(C(=O)c3ccc(-c4ccc5[nH]ccc5c4)cc3)CC2)COC1. The molecule has 3 aromatic rings. The molecule has 2 aliphatic rings. The first kappa shape index (κ1) is 18.9. The van der Waals surface area contributed by atoms with Crippen LogP contribution in [0.4, 0.5) is 0 Å². The second-order valence-electron chi connectivity index (χ2n) is 8.49. The van der Waals surface area contributed by atoms with Crippen LogP contribution in [-0.2, 0) is 9.53 Å². The molecule has 2 aliphatic heterocycles. The normalized spacial score (nSPS) is 18.3. The molecule has 6 nitrogen and oxygen atoms in total. The summed E-state index contributed by atoms with van der Waals surface area (Å²) in [7, 11) is 0. The third-order valence-electron chi connectivity index (χ3n) is 6.23. The zero-order chi connectivity index (χ0) is 20.7. The highest BCUT2D eigenvalue weighted by Crippen LogP contribution is 2.29. The van der Waals surface area contributed by atoms with Crippen LogP contribution in [0.25, 0.3) is 22.0 Å². The number of fused-ring (bicyclic) bond motifs is 1. The average molecular weight is 403 g/mol. The van der Waals surface area contributed by atoms with Gasteiger partial charge >= 0.3 is 0 Å². The Balaban J connectivity index is 1.24. The fraction of sp³-hybridized carbons (Fsp3) is 0.333. The lowest BCUT2D eigenvalue weighted by Gasteiger charge is -2.43. The minimum atomic E-state index is -0.384. The largest absolute Gasteiger partial charge is 0.379 e. The van der Waals surface area contributed by atoms with Gasteiger partial charge in [0.05, 0.1) is 18.6 Å². The quantitative estimate of drug-likeness (QED) is 0.731. The van der Waals surface area contributed by atoms with E-state index in [1.54, 1.807) is 0 Å². The molecule has 154 valence electrons. The van der Waals surface area contributed by atoms with Gasteiger partial charge in [0, 0.05) is 43.5 Å². The van der Waals surface area contributed by atoms with Crippen molar-refractivity contribution in [2.24, 2.45) is 5.41 Å². The Morgan fingerprint density at radius 3 is 2.23 bits per heavy atom. The van der Waals surface area contributed by atoms with Gasteiger partial charge in [0.1, 0.15) is 0 Å². The number of nitrogens with one attached hydrogen (secondary N) is 1. The van der Waals surface area contributed by atoms with Crippen molar-refractivity contribution in [3.63, 3.8) is 0 Å². The van der Waals surface area contributed by atoms with Crippen LogP contribution in [0, 0.1) is 5.41 Å². The number of amides is 2. The van der Waals surface area contributed by atoms with E-state index in [1.807, 2.05) is 47.2 Å². The molecular weight excluding hydrogens is 378 g/mol. The summed E-state index contributed by atoms with van der Waals surface area (Å²) in [6.45, 7) is 5.22. The molecule has 0 unspecified atom stereocenters. The zero-order valence-electron chi connectivity index (χ0n) is 17.1. The predicted molar refractivity (Wildman–Crippen MR) is 115 cm³/mol. The molecule has 5 rings (SSSR count). The van der Waals surface area contributed by atoms with Crippen LogP contribution < -0.4 is 0 Å². The first-order chi connectivity index (χ1) is 14.5. The Kier molecular flexibility index (Phi) is 4.59. The molecule has 2 aromatic carbocycles. The Bertz CT molecular complexity index is 1090. The van der Waals surface area contributed by atoms with Crippen LogP contribution in [0.2, 0.25) is 0 Å². The van der Waals surface area contributed by atoms with Crippen molar-refractivity contribution in [2.75, 3.05) is 39.4 Å². The molecule has 30 heavy (non-hydrogen) atoms. The zero-order valence-corrected chi connectivity index (χ0v) is 17.1. The number of aromatic amines is 1. The molecule has 1 aromatic heterocycles. The summed E-state index contributed by atoms with van der Waals surface area (Å²) in [6.07, 6.45) is 1.93. The van der Waals surface area contributed by atoms with Gasteiger partial charge in [-0.1, -0.05) is 18.2 Å². The Morgan fingerprint density at radius 1 is 0.900 bits per heavy atom. The number of rotatable bonds is 3. The van der Waals surface area contributed by atoms with Gasteiger partial charge in [-0.05, 0) is 53.8 Å². The molecule has 0 spiro atoms. The molecule has 1 N–H and O–H groups in total. The molecule has 2 fully saturated rings. The molecular formula is C24H25N3O3. The Labute approximate surface area is 175 Å². The second kappa shape index (κ2) is 7.29. The molecule has 0 atom stereocenters. The summed E-state index contributed by atoms with van der Waals surface area (Å²) in [5.74, 6) is 0.164. The van der Waals surface area contributed by atoms with Crippen molar-refractivity contribution in [1.29, 1.82) is 0 Å². The Morgan fingerprint density at radius 2 is 1.57 bits per heavy atom. The van der Waals surface area contributed by atoms with Crippen molar-refractivity contribution >= 4 is 22.7 Å². The van der Waals surface area contributed by atoms with Crippen molar-refractivity contribution < 1.29 is 14.3 Å². The number of hydrogen-bond donors (Lipinski definition) is 1. The summed E-state index contributed by atoms with van der Waals surface area (Å²) >= 11 is 0. The van der Waals surface area contributed by atoms with E-state index in [9.17, 15) is 9.59 Å². The van der Waals surface area contributed by atoms with E-state index in [4.69, 9.17) is 4.74 Å². The second-order valence-corrected chi connectivity index (χ2v) is 8.49. The maximum atomic E-state index is 12.9. The molecule has 6 heteroatoms. The molecule has 2 saturated heterocycles. The molecule has 0 radical (unpaired) electrons. The van der Waals surface area contributed by atoms with Gasteiger partial charge in [-0.3, -0.25) is 9.59 Å². The highest BCUT2D eigenvalue weighted by atomic mass is 16.5. The van der Waals surface area contributed by atoms with Crippen molar-refractivity contribution in [3.05, 3.63) is 60.3 Å². The number of nitrogens with zero attached hydrogens (tertiary/aromatic N) is 2. The summed E-state index contributed by atoms with van der Waals surface area (Å²) in [6, 6.07) is 16.1. The maximum absolute atomic E-state index is 12.9. The van der Waals surface area contributed by atoms with Gasteiger partial charge in [-0.15, -0.1) is 0 Å². The number of benzene rings is 2. The summed E-state index contributed by atoms with van der Waals surface area (Å²) in [5.41, 5.74) is 3.62. The van der Waals surface area contributed by atoms with E-state index in [0.717, 1.165) is 16.6 Å². The topological polar surface area (TPSA) is 65.6 Å². The van der Waals surface area contributed by atoms with E-state index in [1.165, 1.54) is 5.39 Å². The highest BCUT2D eigenvalue weighted by Gasteiger charge is 2.44. The van der Waals surface area contributed by atoms with Crippen LogP contribution in [0.3, 0.4) is 0 Å². The molecule has 3 heterocycles. The van der Waals surface area contributed by atoms with Crippen molar-refractivity contribution in [2.45, 2.75) is 6.92 Å². The van der Waals surface area contributed by atoms with E-state index in [-0.39, 0.29) is 17.2 Å². The number of ether oxygens (including phenoxy) is 1. The number of aromatic nitrogens is 1. The summed E-state index contributed by atoms with van der Waals surface area (Å²) < 4.78 is 5.21. The first-order valence-corrected chi connectivity index (χ1v) is 10.4. The van der Waals surface area contributed by atoms with E-state index >= 15 is 0 Å². The van der Waals surface area contributed by atoms with Crippen LogP contribution in [-0.4, -0.2) is 66.0 Å². The third kappa shape index (κ3) is 3.27. The Hall–Kier alpha value is -3.12. The van der Waals surface area contributed by atoms with E-state index < -0.39 is 0 Å². The van der Waals surface area contributed by atoms with Gasteiger partial charge in [-0.2, -0.15) is 0 Å². The molecule has 0 saturated carbocycles. The van der Waals surface area contributed by atoms with Crippen LogP contribution in [0.15, 0.2) is 54.7 Å². The van der Waals surface area contributed by atoms with Gasteiger partial charge in [0.2, 0.25) is 5.91 Å². The molecule has 0 bridgehead atoms. The van der Waals surface area contributed by atoms with E-state index in [0.29, 0.717) is 45.0 Å². The maximum Gasteiger partial charge on any atom is 0.253 e. The monoisotopic (exact) mass is 403 g/mol. The smallest absolute Gasteiger partial charge is 0.253 e. The summed E-state index contributed by atoms with van der Waals surface area (Å²) in [5, 5.41) is 1.17. The predicted octanol–water partition coefficient (Wildman–Crippen LogP) is 3.16. The van der Waals surface area contributed by atoms with E-state index in [2.05, 4.69) is 29.2 Å². The number of hydrogen-bond acceptors (Lipinski definition) is 3. The molecule has 2 amide bonds. The lowest BCUT2D eigenvalue weighted by molar-refractivity contribution is -0.170. The average Bonchev–Trinajstić information content (AvgIpc) is 3.24. The van der Waals surface area contributed by atoms with Crippen molar-refractivity contribution in [3.8, 4) is 11.1 Å². The van der Waals surface area contributed by atoms with Crippen LogP contribution in [0.1, 0.15) is 17.3 Å². The minimum Gasteiger partial charge on any atom is -0.379 e. The standard InChI is InChI=1S/C24H25N3O3/c1-24(15-30-16-24)23(29)27-12-10-26(11-13-27)22(28)18-4-2-17(3-5-18)19-6-7-21-20(14-19)8-9-25-21/h2-9,14,25H,10-13,15-16H2,1H3. The lowest BCUT2D eigenvalue weighted by Crippen LogP contribution is -2.58.